The number of hydrogen-bond acceptors (Lipinski definition) is 2. The van der Waals surface area contributed by atoms with Crippen LogP contribution >= 0.6 is 0 Å². The van der Waals surface area contributed by atoms with Gasteiger partial charge in [0.25, 0.3) is 0 Å². The third kappa shape index (κ3) is 2.50. The average Bonchev–Trinajstić information content (AvgIpc) is 2.24. The molecule has 0 unspecified atom stereocenters. The zero-order valence-corrected chi connectivity index (χ0v) is 5.68. The smallest absolute Gasteiger partial charge is 0.0805 e. The highest BCUT2D eigenvalue weighted by molar-refractivity contribution is 4.99. The van der Waals surface area contributed by atoms with E-state index in [1.54, 1.807) is 0 Å². The molecule has 0 N–H and O–H groups in total. The number of allylic oxidation sites excluding steroid dienone is 1. The maximum atomic E-state index is 3.72. The highest BCUT2D eigenvalue weighted by Crippen LogP contribution is 2.01. The first kappa shape index (κ1) is 7.34. The van der Waals surface area contributed by atoms with Gasteiger partial charge in [-0.3, -0.25) is 0 Å². The monoisotopic (exact) mass is 112 g/mol. The molecule has 2 nitrogen and oxygen atoms in total. The van der Waals surface area contributed by atoms with Crippen molar-refractivity contribution in [3.63, 3.8) is 0 Å². The van der Waals surface area contributed by atoms with Gasteiger partial charge in [0.05, 0.1) is 12.2 Å². The maximum Gasteiger partial charge on any atom is 0.0805 e. The van der Waals surface area contributed by atoms with E-state index in [1.165, 1.54) is 0 Å². The number of hydrogen-bond donors (Lipinski definition) is 0. The van der Waals surface area contributed by atoms with Gasteiger partial charge in [-0.25, -0.2) is 0 Å². The quantitative estimate of drug-likeness (QED) is 0.459. The molecule has 1 heterocycles. The molecule has 0 radical (unpaired) electrons. The van der Waals surface area contributed by atoms with Crippen LogP contribution in [0, 0.1) is 0 Å². The van der Waals surface area contributed by atoms with Gasteiger partial charge in [-0.15, -0.1) is 0 Å². The molecular formula is C6H12N2. The molecule has 0 aromatic rings. The Morgan fingerprint density at radius 2 is 2.12 bits per heavy atom. The van der Waals surface area contributed by atoms with Gasteiger partial charge in [-0.2, -0.15) is 10.2 Å². The fourth-order valence-electron chi connectivity index (χ4n) is 0.366. The largest absolute Gasteiger partial charge is 0.185 e. The fraction of sp³-hybridized carbons (Fsp3) is 0.667. The molecule has 0 aliphatic carbocycles. The topological polar surface area (TPSA) is 24.7 Å². The van der Waals surface area contributed by atoms with Crippen LogP contribution in [0.5, 0.6) is 0 Å². The summed E-state index contributed by atoms with van der Waals surface area (Å²) in [6.07, 6.45) is 1.99. The van der Waals surface area contributed by atoms with Gasteiger partial charge in [0.2, 0.25) is 0 Å². The molecule has 0 aromatic heterocycles. The summed E-state index contributed by atoms with van der Waals surface area (Å²) in [5.74, 6) is 0. The van der Waals surface area contributed by atoms with Crippen molar-refractivity contribution in [2.45, 2.75) is 20.8 Å². The number of nitrogens with zero attached hydrogens (tertiary/aromatic N) is 2. The molecule has 46 valence electrons. The minimum atomic E-state index is 0.784. The van der Waals surface area contributed by atoms with Crippen LogP contribution in [0.4, 0.5) is 0 Å². The lowest BCUT2D eigenvalue weighted by molar-refractivity contribution is 1.11. The van der Waals surface area contributed by atoms with Crippen molar-refractivity contribution in [2.24, 2.45) is 10.2 Å². The Balaban J connectivity index is 0.000000222. The van der Waals surface area contributed by atoms with E-state index in [4.69, 9.17) is 0 Å². The van der Waals surface area contributed by atoms with E-state index in [-0.39, 0.29) is 0 Å². The minimum absolute atomic E-state index is 0.784. The highest BCUT2D eigenvalue weighted by atomic mass is 15.1. The molecule has 1 aliphatic heterocycles. The van der Waals surface area contributed by atoms with Gasteiger partial charge >= 0.3 is 0 Å². The molecule has 1 aliphatic rings. The zero-order chi connectivity index (χ0) is 6.41. The van der Waals surface area contributed by atoms with E-state index < -0.39 is 0 Å². The minimum Gasteiger partial charge on any atom is -0.185 e. The lowest BCUT2D eigenvalue weighted by atomic mass is 10.5. The molecular weight excluding hydrogens is 100 g/mol. The first-order valence-electron chi connectivity index (χ1n) is 2.94. The Morgan fingerprint density at radius 3 is 2.25 bits per heavy atom. The van der Waals surface area contributed by atoms with E-state index in [1.807, 2.05) is 26.8 Å². The summed E-state index contributed by atoms with van der Waals surface area (Å²) >= 11 is 0. The van der Waals surface area contributed by atoms with Crippen LogP contribution in [0.1, 0.15) is 20.8 Å². The van der Waals surface area contributed by atoms with Gasteiger partial charge in [0.1, 0.15) is 0 Å². The Kier molecular flexibility index (Phi) is 4.13. The molecule has 0 spiro atoms. The molecule has 0 amide bonds. The van der Waals surface area contributed by atoms with Crippen molar-refractivity contribution < 1.29 is 0 Å². The van der Waals surface area contributed by atoms with Gasteiger partial charge < -0.3 is 0 Å². The maximum absolute atomic E-state index is 3.72. The first-order chi connectivity index (χ1) is 3.89. The van der Waals surface area contributed by atoms with Crippen LogP contribution < -0.4 is 0 Å². The van der Waals surface area contributed by atoms with Crippen LogP contribution in [0.15, 0.2) is 22.0 Å². The van der Waals surface area contributed by atoms with Crippen molar-refractivity contribution in [1.82, 2.24) is 0 Å². The number of azo groups is 1. The fourth-order valence-corrected chi connectivity index (χ4v) is 0.366. The van der Waals surface area contributed by atoms with Gasteiger partial charge in [0.15, 0.2) is 0 Å². The second kappa shape index (κ2) is 4.50. The molecule has 0 fully saturated rings. The van der Waals surface area contributed by atoms with Crippen LogP contribution in [0.3, 0.4) is 0 Å². The summed E-state index contributed by atoms with van der Waals surface area (Å²) in [4.78, 5) is 0. The number of rotatable bonds is 0. The average molecular weight is 112 g/mol. The van der Waals surface area contributed by atoms with Gasteiger partial charge in [-0.05, 0) is 13.0 Å². The lowest BCUT2D eigenvalue weighted by Crippen LogP contribution is -1.57. The van der Waals surface area contributed by atoms with E-state index >= 15 is 0 Å². The summed E-state index contributed by atoms with van der Waals surface area (Å²) in [7, 11) is 0. The van der Waals surface area contributed by atoms with E-state index in [9.17, 15) is 0 Å². The predicted molar refractivity (Wildman–Crippen MR) is 34.8 cm³/mol. The third-order valence-corrected chi connectivity index (χ3v) is 0.697. The highest BCUT2D eigenvalue weighted by Gasteiger charge is 1.87. The van der Waals surface area contributed by atoms with Crippen LogP contribution in [0.2, 0.25) is 0 Å². The van der Waals surface area contributed by atoms with Crippen molar-refractivity contribution in [3.8, 4) is 0 Å². The SMILES string of the molecule is CC.CC1=CCN=N1. The van der Waals surface area contributed by atoms with Crippen LogP contribution in [-0.2, 0) is 0 Å². The van der Waals surface area contributed by atoms with E-state index in [2.05, 4.69) is 10.2 Å². The van der Waals surface area contributed by atoms with Crippen LogP contribution in [-0.4, -0.2) is 6.54 Å². The summed E-state index contributed by atoms with van der Waals surface area (Å²) in [6.45, 7) is 6.72. The standard InChI is InChI=1S/C4H6N2.C2H6/c1-4-2-3-5-6-4;1-2/h2H,3H2,1H3;1-2H3. The second-order valence-electron chi connectivity index (χ2n) is 1.27. The third-order valence-electron chi connectivity index (χ3n) is 0.697. The molecule has 0 saturated heterocycles. The Morgan fingerprint density at radius 1 is 1.50 bits per heavy atom. The van der Waals surface area contributed by atoms with Crippen molar-refractivity contribution in [3.05, 3.63) is 11.8 Å². The normalized spacial score (nSPS) is 14.6. The molecule has 1 rings (SSSR count). The molecule has 8 heavy (non-hydrogen) atoms. The van der Waals surface area contributed by atoms with E-state index in [0.717, 1.165) is 12.2 Å². The molecule has 0 bridgehead atoms. The zero-order valence-electron chi connectivity index (χ0n) is 5.68. The molecule has 0 saturated carbocycles. The molecule has 2 heteroatoms. The first-order valence-corrected chi connectivity index (χ1v) is 2.94. The summed E-state index contributed by atoms with van der Waals surface area (Å²) in [6, 6.07) is 0. The summed E-state index contributed by atoms with van der Waals surface area (Å²) in [5, 5.41) is 7.42. The van der Waals surface area contributed by atoms with Crippen molar-refractivity contribution in [1.29, 1.82) is 0 Å². The summed E-state index contributed by atoms with van der Waals surface area (Å²) in [5.41, 5.74) is 1.04. The van der Waals surface area contributed by atoms with Gasteiger partial charge in [-0.1, -0.05) is 13.8 Å². The van der Waals surface area contributed by atoms with E-state index in [0.29, 0.717) is 0 Å². The lowest BCUT2D eigenvalue weighted by Gasteiger charge is -1.69. The van der Waals surface area contributed by atoms with Crippen molar-refractivity contribution >= 4 is 0 Å². The second-order valence-corrected chi connectivity index (χ2v) is 1.27. The Hall–Kier alpha value is -0.660. The van der Waals surface area contributed by atoms with Gasteiger partial charge in [0, 0.05) is 0 Å². The molecule has 0 atom stereocenters. The van der Waals surface area contributed by atoms with Crippen molar-refractivity contribution in [2.75, 3.05) is 6.54 Å². The summed E-state index contributed by atoms with van der Waals surface area (Å²) < 4.78 is 0. The predicted octanol–water partition coefficient (Wildman–Crippen LogP) is 2.38. The Labute approximate surface area is 50.3 Å². The molecule has 0 aromatic carbocycles. The van der Waals surface area contributed by atoms with Crippen LogP contribution in [0.25, 0.3) is 0 Å². The Bertz CT molecular complexity index is 100.